The molecule has 0 aliphatic carbocycles. The van der Waals surface area contributed by atoms with Crippen LogP contribution in [0.4, 0.5) is 0 Å². The molecule has 214 valence electrons. The fraction of sp³-hybridized carbons (Fsp3) is 0.771. The Hall–Kier alpha value is -1.88. The maximum atomic E-state index is 8.59. The Balaban J connectivity index is 0. The highest BCUT2D eigenvalue weighted by molar-refractivity contribution is 4.99. The highest BCUT2D eigenvalue weighted by Gasteiger charge is 2.13. The minimum atomic E-state index is 0. The van der Waals surface area contributed by atoms with E-state index < -0.39 is 0 Å². The third-order valence-electron chi connectivity index (χ3n) is 6.34. The van der Waals surface area contributed by atoms with Crippen LogP contribution in [0.2, 0.25) is 0 Å². The van der Waals surface area contributed by atoms with E-state index in [2.05, 4.69) is 35.5 Å². The van der Waals surface area contributed by atoms with E-state index in [1.54, 1.807) is 0 Å². The summed E-state index contributed by atoms with van der Waals surface area (Å²) in [4.78, 5) is 0. The predicted molar refractivity (Wildman–Crippen MR) is 163 cm³/mol. The topological polar surface area (TPSA) is 38.7 Å². The number of terminal acetylenes is 2. The van der Waals surface area contributed by atoms with Gasteiger partial charge in [0.15, 0.2) is 6.29 Å². The van der Waals surface area contributed by atoms with Gasteiger partial charge in [-0.2, -0.15) is 0 Å². The van der Waals surface area contributed by atoms with E-state index in [9.17, 15) is 0 Å². The van der Waals surface area contributed by atoms with Crippen molar-refractivity contribution < 1.29 is 16.0 Å². The summed E-state index contributed by atoms with van der Waals surface area (Å²) in [6.07, 6.45) is 36.2. The van der Waals surface area contributed by atoms with E-state index in [1.165, 1.54) is 57.8 Å². The summed E-state index contributed by atoms with van der Waals surface area (Å²) in [5, 5.41) is 8.59. The van der Waals surface area contributed by atoms with Crippen LogP contribution in [0.25, 0.3) is 0 Å². The van der Waals surface area contributed by atoms with Gasteiger partial charge in [0.05, 0.1) is 0 Å². The average molecular weight is 526 g/mol. The molecule has 1 fully saturated rings. The molecule has 0 aromatic rings. The van der Waals surface area contributed by atoms with Gasteiger partial charge in [-0.3, -0.25) is 0 Å². The molecule has 1 atom stereocenters. The molecule has 38 heavy (non-hydrogen) atoms. The van der Waals surface area contributed by atoms with Crippen molar-refractivity contribution in [2.45, 2.75) is 154 Å². The SMILES string of the molecule is C#CCCCCC#CCCCCCCCO.C#CCCCCC#CCCCCCCCOC1CCCCO1.[H+]. The zero-order valence-corrected chi connectivity index (χ0v) is 24.4. The number of aliphatic hydroxyl groups is 1. The largest absolute Gasteiger partial charge is 1.00 e. The van der Waals surface area contributed by atoms with E-state index in [4.69, 9.17) is 27.4 Å². The number of unbranched alkanes of at least 4 members (excludes halogenated alkanes) is 16. The van der Waals surface area contributed by atoms with Crippen molar-refractivity contribution in [3.05, 3.63) is 0 Å². The molecule has 1 N–H and O–H groups in total. The summed E-state index contributed by atoms with van der Waals surface area (Å²) in [5.41, 5.74) is 0. The smallest absolute Gasteiger partial charge is 0.396 e. The molecule has 3 heteroatoms. The normalized spacial score (nSPS) is 14.0. The fourth-order valence-electron chi connectivity index (χ4n) is 3.99. The van der Waals surface area contributed by atoms with Crippen LogP contribution < -0.4 is 0 Å². The van der Waals surface area contributed by atoms with Gasteiger partial charge in [0.1, 0.15) is 0 Å². The zero-order chi connectivity index (χ0) is 27.6. The highest BCUT2D eigenvalue weighted by Crippen LogP contribution is 2.14. The number of hydrogen-bond acceptors (Lipinski definition) is 3. The molecular weight excluding hydrogens is 468 g/mol. The molecule has 0 aromatic heterocycles. The zero-order valence-electron chi connectivity index (χ0n) is 25.4. The summed E-state index contributed by atoms with van der Waals surface area (Å²) in [5.74, 6) is 18.2. The number of aliphatic hydroxyl groups excluding tert-OH is 1. The Morgan fingerprint density at radius 2 is 1.05 bits per heavy atom. The van der Waals surface area contributed by atoms with Crippen LogP contribution in [0.3, 0.4) is 0 Å². The lowest BCUT2D eigenvalue weighted by atomic mass is 10.1. The molecule has 1 aliphatic rings. The molecule has 0 radical (unpaired) electrons. The van der Waals surface area contributed by atoms with Crippen molar-refractivity contribution in [2.24, 2.45) is 0 Å². The first-order chi connectivity index (χ1) is 18.8. The van der Waals surface area contributed by atoms with Crippen LogP contribution >= 0.6 is 0 Å². The van der Waals surface area contributed by atoms with Gasteiger partial charge < -0.3 is 14.6 Å². The second-order valence-corrected chi connectivity index (χ2v) is 9.96. The predicted octanol–water partition coefficient (Wildman–Crippen LogP) is 8.70. The summed E-state index contributed by atoms with van der Waals surface area (Å²) in [7, 11) is 0. The molecule has 1 rings (SSSR count). The fourth-order valence-corrected chi connectivity index (χ4v) is 3.99. The van der Waals surface area contributed by atoms with Crippen LogP contribution in [-0.4, -0.2) is 31.2 Å². The Kier molecular flexibility index (Phi) is 31.5. The molecule has 0 bridgehead atoms. The third kappa shape index (κ3) is 30.3. The average Bonchev–Trinajstić information content (AvgIpc) is 2.95. The van der Waals surface area contributed by atoms with Crippen LogP contribution in [0.15, 0.2) is 0 Å². The van der Waals surface area contributed by atoms with Crippen molar-refractivity contribution in [3.8, 4) is 48.4 Å². The molecule has 1 aliphatic heterocycles. The second-order valence-electron chi connectivity index (χ2n) is 9.96. The first-order valence-electron chi connectivity index (χ1n) is 15.5. The quantitative estimate of drug-likeness (QED) is 0.128. The first-order valence-corrected chi connectivity index (χ1v) is 15.5. The summed E-state index contributed by atoms with van der Waals surface area (Å²) < 4.78 is 11.3. The molecule has 1 unspecified atom stereocenters. The van der Waals surface area contributed by atoms with Gasteiger partial charge in [-0.15, -0.1) is 48.4 Å². The Labute approximate surface area is 238 Å². The lowest BCUT2D eigenvalue weighted by Gasteiger charge is -2.22. The van der Waals surface area contributed by atoms with Gasteiger partial charge in [0.2, 0.25) is 0 Å². The van der Waals surface area contributed by atoms with Gasteiger partial charge in [-0.05, 0) is 70.6 Å². The molecule has 0 aromatic carbocycles. The molecular formula is C35H57O3+. The highest BCUT2D eigenvalue weighted by atomic mass is 16.7. The minimum absolute atomic E-state index is 0. The number of rotatable bonds is 20. The maximum absolute atomic E-state index is 8.59. The lowest BCUT2D eigenvalue weighted by molar-refractivity contribution is -0.162. The third-order valence-corrected chi connectivity index (χ3v) is 6.34. The van der Waals surface area contributed by atoms with Crippen LogP contribution in [0.5, 0.6) is 0 Å². The van der Waals surface area contributed by atoms with Crippen LogP contribution in [-0.2, 0) is 9.47 Å². The summed E-state index contributed by atoms with van der Waals surface area (Å²) in [6, 6.07) is 0. The van der Waals surface area contributed by atoms with Crippen molar-refractivity contribution in [1.29, 1.82) is 0 Å². The molecule has 0 spiro atoms. The van der Waals surface area contributed by atoms with Gasteiger partial charge in [0, 0.05) is 58.3 Å². The van der Waals surface area contributed by atoms with E-state index >= 15 is 0 Å². The van der Waals surface area contributed by atoms with Crippen molar-refractivity contribution in [2.75, 3.05) is 19.8 Å². The second kappa shape index (κ2) is 33.1. The van der Waals surface area contributed by atoms with E-state index in [0.717, 1.165) is 103 Å². The van der Waals surface area contributed by atoms with Crippen molar-refractivity contribution in [1.82, 2.24) is 0 Å². The van der Waals surface area contributed by atoms with Gasteiger partial charge in [-0.25, -0.2) is 0 Å². The van der Waals surface area contributed by atoms with Gasteiger partial charge in [0.25, 0.3) is 0 Å². The van der Waals surface area contributed by atoms with E-state index in [0.29, 0.717) is 6.61 Å². The molecule has 0 amide bonds. The lowest BCUT2D eigenvalue weighted by Crippen LogP contribution is -2.22. The Morgan fingerprint density at radius 1 is 0.605 bits per heavy atom. The van der Waals surface area contributed by atoms with Crippen LogP contribution in [0.1, 0.15) is 149 Å². The molecule has 0 saturated carbocycles. The van der Waals surface area contributed by atoms with E-state index in [1.807, 2.05) is 0 Å². The van der Waals surface area contributed by atoms with Crippen molar-refractivity contribution >= 4 is 0 Å². The molecule has 3 nitrogen and oxygen atoms in total. The summed E-state index contributed by atoms with van der Waals surface area (Å²) in [6.45, 7) is 2.05. The molecule has 1 saturated heterocycles. The van der Waals surface area contributed by atoms with Gasteiger partial charge >= 0.3 is 1.43 Å². The Bertz CT molecular complexity index is 692. The first kappa shape index (κ1) is 36.1. The number of ether oxygens (including phenoxy) is 2. The van der Waals surface area contributed by atoms with Gasteiger partial charge in [-0.1, -0.05) is 38.5 Å². The standard InChI is InChI=1S/C20H32O2.C15H24O/c1-2-3-4-5-6-7-8-9-10-11-12-13-15-18-21-20-17-14-16-19-22-20;1-2-3-4-5-6-7-8-9-10-11-12-13-14-15-16/h1,20H,3-6,9-19H2;1,16H,3-6,9-15H2/p+1. The maximum Gasteiger partial charge on any atom is 1.00 e. The molecule has 1 heterocycles. The summed E-state index contributed by atoms with van der Waals surface area (Å²) >= 11 is 0. The minimum Gasteiger partial charge on any atom is -0.396 e. The van der Waals surface area contributed by atoms with Crippen molar-refractivity contribution in [3.63, 3.8) is 0 Å². The number of hydrogen-bond donors (Lipinski definition) is 1. The monoisotopic (exact) mass is 525 g/mol. The van der Waals surface area contributed by atoms with Crippen LogP contribution in [0, 0.1) is 48.4 Å². The van der Waals surface area contributed by atoms with E-state index in [-0.39, 0.29) is 7.72 Å². The Morgan fingerprint density at radius 3 is 1.53 bits per heavy atom.